The number of furan rings is 1. The summed E-state index contributed by atoms with van der Waals surface area (Å²) in [7, 11) is 0. The quantitative estimate of drug-likeness (QED) is 0.633. The first-order valence-electron chi connectivity index (χ1n) is 11.5. The summed E-state index contributed by atoms with van der Waals surface area (Å²) in [4.78, 5) is 47.7. The lowest BCUT2D eigenvalue weighted by atomic mass is 9.94. The molecule has 1 N–H and O–H groups in total. The number of likely N-dealkylation sites (tertiary alicyclic amines) is 1. The summed E-state index contributed by atoms with van der Waals surface area (Å²) in [6.07, 6.45) is 6.10. The van der Waals surface area contributed by atoms with Crippen LogP contribution in [0.25, 0.3) is 11.3 Å². The van der Waals surface area contributed by atoms with E-state index in [1.807, 2.05) is 17.0 Å². The van der Waals surface area contributed by atoms with Crippen molar-refractivity contribution in [2.75, 3.05) is 39.3 Å². The molecule has 0 bridgehead atoms. The Morgan fingerprint density at radius 2 is 1.56 bits per heavy atom. The highest BCUT2D eigenvalue weighted by Gasteiger charge is 2.33. The Morgan fingerprint density at radius 1 is 0.882 bits per heavy atom. The van der Waals surface area contributed by atoms with E-state index in [-0.39, 0.29) is 23.6 Å². The fraction of sp³-hybridized carbons (Fsp3) is 0.375. The van der Waals surface area contributed by atoms with Gasteiger partial charge >= 0.3 is 0 Å². The molecule has 34 heavy (non-hydrogen) atoms. The van der Waals surface area contributed by atoms with Crippen LogP contribution in [-0.4, -0.2) is 86.9 Å². The van der Waals surface area contributed by atoms with Crippen LogP contribution in [0.1, 0.15) is 33.9 Å². The summed E-state index contributed by atoms with van der Waals surface area (Å²) in [6.45, 7) is 3.04. The Bertz CT molecular complexity index is 1140. The average Bonchev–Trinajstić information content (AvgIpc) is 3.61. The number of nitrogens with zero attached hydrogens (tertiary/aromatic N) is 5. The molecule has 0 radical (unpaired) electrons. The zero-order chi connectivity index (χ0) is 23.5. The Kier molecular flexibility index (Phi) is 6.11. The second-order valence-corrected chi connectivity index (χ2v) is 8.56. The van der Waals surface area contributed by atoms with Crippen molar-refractivity contribution in [1.82, 2.24) is 29.9 Å². The molecule has 3 aromatic rings. The molecule has 0 saturated carbocycles. The monoisotopic (exact) mass is 462 g/mol. The minimum atomic E-state index is -0.144. The van der Waals surface area contributed by atoms with Gasteiger partial charge in [0.1, 0.15) is 5.69 Å². The van der Waals surface area contributed by atoms with E-state index in [0.29, 0.717) is 69.3 Å². The molecule has 3 aromatic heterocycles. The molecule has 5 heterocycles. The second kappa shape index (κ2) is 9.50. The number of carbonyl (C=O) groups excluding carboxylic acids is 3. The highest BCUT2D eigenvalue weighted by atomic mass is 16.3. The van der Waals surface area contributed by atoms with Crippen LogP contribution in [0.15, 0.2) is 53.4 Å². The maximum absolute atomic E-state index is 13.0. The zero-order valence-electron chi connectivity index (χ0n) is 18.7. The second-order valence-electron chi connectivity index (χ2n) is 8.56. The molecule has 2 fully saturated rings. The lowest BCUT2D eigenvalue weighted by Gasteiger charge is -2.38. The standard InChI is InChI=1S/C24H26N6O4/c31-22(29-11-13-30(14-12-29)24(33)21-2-1-15-34-21)18-5-9-28(10-6-18)23(32)20-16-19(26-27-20)17-3-7-25-8-4-17/h1-4,7-8,15-16,18H,5-6,9-14H2,(H,26,27). The molecule has 0 aliphatic carbocycles. The minimum absolute atomic E-state index is 0.106. The van der Waals surface area contributed by atoms with Crippen molar-refractivity contribution in [3.63, 3.8) is 0 Å². The number of amides is 3. The van der Waals surface area contributed by atoms with Gasteiger partial charge in [-0.05, 0) is 43.2 Å². The van der Waals surface area contributed by atoms with E-state index in [1.165, 1.54) is 6.26 Å². The molecular weight excluding hydrogens is 436 g/mol. The third-order valence-corrected chi connectivity index (χ3v) is 6.53. The molecular formula is C24H26N6O4. The first-order valence-corrected chi connectivity index (χ1v) is 11.5. The van der Waals surface area contributed by atoms with Crippen LogP contribution in [0, 0.1) is 5.92 Å². The van der Waals surface area contributed by atoms with Gasteiger partial charge in [0, 0.05) is 63.1 Å². The first-order chi connectivity index (χ1) is 16.6. The maximum atomic E-state index is 13.0. The predicted molar refractivity (Wildman–Crippen MR) is 122 cm³/mol. The lowest BCUT2D eigenvalue weighted by Crippen LogP contribution is -2.53. The summed E-state index contributed by atoms with van der Waals surface area (Å²) in [5.41, 5.74) is 2.02. The van der Waals surface area contributed by atoms with Crippen LogP contribution in [0.5, 0.6) is 0 Å². The van der Waals surface area contributed by atoms with Gasteiger partial charge in [0.25, 0.3) is 11.8 Å². The summed E-state index contributed by atoms with van der Waals surface area (Å²) in [5.74, 6) is 0.0739. The average molecular weight is 463 g/mol. The number of carbonyl (C=O) groups is 3. The third kappa shape index (κ3) is 4.43. The van der Waals surface area contributed by atoms with Gasteiger partial charge in [-0.15, -0.1) is 0 Å². The van der Waals surface area contributed by atoms with Crippen molar-refractivity contribution < 1.29 is 18.8 Å². The number of pyridine rings is 1. The molecule has 2 aliphatic rings. The van der Waals surface area contributed by atoms with E-state index in [2.05, 4.69) is 15.2 Å². The third-order valence-electron chi connectivity index (χ3n) is 6.53. The van der Waals surface area contributed by atoms with Crippen LogP contribution in [-0.2, 0) is 4.79 Å². The molecule has 3 amide bonds. The SMILES string of the molecule is O=C(c1cc(-c2ccncc2)n[nH]1)N1CCC(C(=O)N2CCN(C(=O)c3ccco3)CC2)CC1. The minimum Gasteiger partial charge on any atom is -0.459 e. The molecule has 2 aliphatic heterocycles. The summed E-state index contributed by atoms with van der Waals surface area (Å²) < 4.78 is 5.19. The smallest absolute Gasteiger partial charge is 0.289 e. The Labute approximate surface area is 196 Å². The van der Waals surface area contributed by atoms with Gasteiger partial charge in [-0.25, -0.2) is 0 Å². The summed E-state index contributed by atoms with van der Waals surface area (Å²) >= 11 is 0. The lowest BCUT2D eigenvalue weighted by molar-refractivity contribution is -0.138. The van der Waals surface area contributed by atoms with E-state index in [9.17, 15) is 14.4 Å². The maximum Gasteiger partial charge on any atom is 0.289 e. The van der Waals surface area contributed by atoms with E-state index < -0.39 is 0 Å². The van der Waals surface area contributed by atoms with Crippen molar-refractivity contribution in [1.29, 1.82) is 0 Å². The zero-order valence-corrected chi connectivity index (χ0v) is 18.7. The van der Waals surface area contributed by atoms with Crippen molar-refractivity contribution in [3.05, 3.63) is 60.4 Å². The Balaban J connectivity index is 1.11. The van der Waals surface area contributed by atoms with Gasteiger partial charge in [-0.3, -0.25) is 24.5 Å². The molecule has 5 rings (SSSR count). The molecule has 0 unspecified atom stereocenters. The van der Waals surface area contributed by atoms with Crippen molar-refractivity contribution in [3.8, 4) is 11.3 Å². The van der Waals surface area contributed by atoms with Gasteiger partial charge in [0.2, 0.25) is 5.91 Å². The fourth-order valence-electron chi connectivity index (χ4n) is 4.55. The van der Waals surface area contributed by atoms with Crippen LogP contribution in [0.4, 0.5) is 0 Å². The fourth-order valence-corrected chi connectivity index (χ4v) is 4.55. The number of piperazine rings is 1. The van der Waals surface area contributed by atoms with Crippen LogP contribution in [0.2, 0.25) is 0 Å². The number of rotatable bonds is 4. The van der Waals surface area contributed by atoms with Gasteiger partial charge in [0.05, 0.1) is 12.0 Å². The van der Waals surface area contributed by atoms with Crippen molar-refractivity contribution in [2.45, 2.75) is 12.8 Å². The highest BCUT2D eigenvalue weighted by molar-refractivity contribution is 5.94. The Morgan fingerprint density at radius 3 is 2.24 bits per heavy atom. The van der Waals surface area contributed by atoms with E-state index in [4.69, 9.17) is 4.42 Å². The molecule has 176 valence electrons. The van der Waals surface area contributed by atoms with Crippen molar-refractivity contribution >= 4 is 17.7 Å². The van der Waals surface area contributed by atoms with E-state index in [1.54, 1.807) is 40.4 Å². The largest absolute Gasteiger partial charge is 0.459 e. The van der Waals surface area contributed by atoms with Crippen LogP contribution >= 0.6 is 0 Å². The van der Waals surface area contributed by atoms with Crippen molar-refractivity contribution in [2.24, 2.45) is 5.92 Å². The molecule has 0 spiro atoms. The van der Waals surface area contributed by atoms with E-state index >= 15 is 0 Å². The van der Waals surface area contributed by atoms with Gasteiger partial charge in [-0.2, -0.15) is 5.10 Å². The first kappa shape index (κ1) is 21.9. The highest BCUT2D eigenvalue weighted by Crippen LogP contribution is 2.23. The Hall–Kier alpha value is -3.95. The van der Waals surface area contributed by atoms with Gasteiger partial charge in [-0.1, -0.05) is 0 Å². The van der Waals surface area contributed by atoms with Gasteiger partial charge < -0.3 is 19.1 Å². The normalized spacial score (nSPS) is 17.1. The molecule has 2 saturated heterocycles. The number of piperidine rings is 1. The molecule has 0 atom stereocenters. The van der Waals surface area contributed by atoms with Crippen LogP contribution in [0.3, 0.4) is 0 Å². The molecule has 10 nitrogen and oxygen atoms in total. The van der Waals surface area contributed by atoms with Gasteiger partial charge in [0.15, 0.2) is 5.76 Å². The van der Waals surface area contributed by atoms with E-state index in [0.717, 1.165) is 5.56 Å². The molecule has 0 aromatic carbocycles. The summed E-state index contributed by atoms with van der Waals surface area (Å²) in [5, 5.41) is 7.08. The number of nitrogens with one attached hydrogen (secondary N) is 1. The summed E-state index contributed by atoms with van der Waals surface area (Å²) in [6, 6.07) is 8.77. The number of aromatic amines is 1. The topological polar surface area (TPSA) is 116 Å². The van der Waals surface area contributed by atoms with Crippen LogP contribution < -0.4 is 0 Å². The molecule has 10 heteroatoms. The number of hydrogen-bond acceptors (Lipinski definition) is 6. The number of aromatic nitrogens is 3. The number of hydrogen-bond donors (Lipinski definition) is 1. The predicted octanol–water partition coefficient (Wildman–Crippen LogP) is 1.90. The number of H-pyrrole nitrogens is 1.